The molecular weight excluding hydrogens is 218 g/mol. The van der Waals surface area contributed by atoms with E-state index in [9.17, 15) is 4.79 Å². The topological polar surface area (TPSA) is 29.5 Å². The summed E-state index contributed by atoms with van der Waals surface area (Å²) in [7, 11) is 4.16. The first-order chi connectivity index (χ1) is 6.65. The van der Waals surface area contributed by atoms with Crippen molar-refractivity contribution in [1.29, 1.82) is 0 Å². The second-order valence-corrected chi connectivity index (χ2v) is 5.94. The highest BCUT2D eigenvalue weighted by Gasteiger charge is 2.29. The smallest absolute Gasteiger partial charge is 0.329 e. The van der Waals surface area contributed by atoms with Crippen molar-refractivity contribution in [2.24, 2.45) is 0 Å². The Labute approximate surface area is 93.9 Å². The monoisotopic (exact) mass is 235 g/mol. The summed E-state index contributed by atoms with van der Waals surface area (Å²) in [6.45, 7) is 2.33. The lowest BCUT2D eigenvalue weighted by atomic mass is 10.4. The largest absolute Gasteiger partial charge is 0.465 e. The van der Waals surface area contributed by atoms with Crippen LogP contribution in [0.5, 0.6) is 0 Å². The number of hydrogen-bond donors (Lipinski definition) is 0. The highest BCUT2D eigenvalue weighted by atomic mass is 32.2. The molecule has 5 heteroatoms. The van der Waals surface area contributed by atoms with E-state index < -0.39 is 0 Å². The van der Waals surface area contributed by atoms with E-state index in [2.05, 4.69) is 19.0 Å². The third-order valence-electron chi connectivity index (χ3n) is 2.09. The van der Waals surface area contributed by atoms with Crippen LogP contribution in [0.1, 0.15) is 6.92 Å². The van der Waals surface area contributed by atoms with E-state index in [0.29, 0.717) is 12.6 Å². The van der Waals surface area contributed by atoms with Crippen LogP contribution in [-0.4, -0.2) is 53.7 Å². The van der Waals surface area contributed by atoms with Gasteiger partial charge in [-0.25, -0.2) is 4.79 Å². The molecule has 0 atom stereocenters. The number of hydrogen-bond acceptors (Lipinski definition) is 5. The van der Waals surface area contributed by atoms with Gasteiger partial charge in [-0.05, 0) is 21.0 Å². The minimum Gasteiger partial charge on any atom is -0.465 e. The summed E-state index contributed by atoms with van der Waals surface area (Å²) in [6, 6.07) is 0.579. The quantitative estimate of drug-likeness (QED) is 0.688. The minimum atomic E-state index is -0.0697. The van der Waals surface area contributed by atoms with E-state index in [4.69, 9.17) is 4.74 Å². The van der Waals surface area contributed by atoms with Crippen molar-refractivity contribution in [1.82, 2.24) is 4.90 Å². The fourth-order valence-corrected chi connectivity index (χ4v) is 4.18. The van der Waals surface area contributed by atoms with E-state index in [0.717, 1.165) is 11.5 Å². The lowest BCUT2D eigenvalue weighted by molar-refractivity contribution is -0.140. The predicted octanol–water partition coefficient (Wildman–Crippen LogP) is 1.29. The standard InChI is InChI=1S/C9H17NO2S2/c1-4-12-8(11)9-13-5-7(6-14-9)10(2)3/h7,9H,4-6H2,1-3H3. The van der Waals surface area contributed by atoms with Gasteiger partial charge in [-0.3, -0.25) is 0 Å². The molecule has 1 heterocycles. The Bertz CT molecular complexity index is 191. The summed E-state index contributed by atoms with van der Waals surface area (Å²) >= 11 is 3.39. The maximum atomic E-state index is 11.4. The zero-order valence-corrected chi connectivity index (χ0v) is 10.5. The normalized spacial score (nSPS) is 27.7. The highest BCUT2D eigenvalue weighted by Crippen LogP contribution is 2.32. The first kappa shape index (κ1) is 12.2. The average Bonchev–Trinajstić information content (AvgIpc) is 2.18. The number of nitrogens with zero attached hydrogens (tertiary/aromatic N) is 1. The van der Waals surface area contributed by atoms with Crippen molar-refractivity contribution in [2.75, 3.05) is 32.2 Å². The summed E-state index contributed by atoms with van der Waals surface area (Å²) in [5, 5.41) is 0. The van der Waals surface area contributed by atoms with E-state index in [1.54, 1.807) is 23.5 Å². The van der Waals surface area contributed by atoms with E-state index in [1.165, 1.54) is 0 Å². The lowest BCUT2D eigenvalue weighted by Crippen LogP contribution is -2.38. The molecule has 0 radical (unpaired) electrons. The van der Waals surface area contributed by atoms with Crippen LogP contribution in [0.3, 0.4) is 0 Å². The fraction of sp³-hybridized carbons (Fsp3) is 0.889. The maximum Gasteiger partial charge on any atom is 0.329 e. The number of thioether (sulfide) groups is 2. The van der Waals surface area contributed by atoms with Crippen molar-refractivity contribution in [3.63, 3.8) is 0 Å². The molecule has 14 heavy (non-hydrogen) atoms. The summed E-state index contributed by atoms with van der Waals surface area (Å²) in [4.78, 5) is 13.6. The fourth-order valence-electron chi connectivity index (χ4n) is 1.14. The highest BCUT2D eigenvalue weighted by molar-refractivity contribution is 8.18. The molecule has 0 aliphatic carbocycles. The number of esters is 1. The summed E-state index contributed by atoms with van der Waals surface area (Å²) in [6.07, 6.45) is 0. The van der Waals surface area contributed by atoms with Gasteiger partial charge in [0.15, 0.2) is 0 Å². The first-order valence-electron chi connectivity index (χ1n) is 4.71. The van der Waals surface area contributed by atoms with Gasteiger partial charge in [0.05, 0.1) is 6.61 Å². The molecule has 0 amide bonds. The molecule has 0 unspecified atom stereocenters. The van der Waals surface area contributed by atoms with Crippen molar-refractivity contribution in [3.8, 4) is 0 Å². The minimum absolute atomic E-state index is 0.00819. The number of rotatable bonds is 3. The Hall–Kier alpha value is 0.130. The second-order valence-electron chi connectivity index (χ2n) is 3.37. The van der Waals surface area contributed by atoms with Gasteiger partial charge in [0.25, 0.3) is 0 Å². The van der Waals surface area contributed by atoms with Crippen LogP contribution in [0.2, 0.25) is 0 Å². The molecule has 0 N–H and O–H groups in total. The van der Waals surface area contributed by atoms with Gasteiger partial charge in [-0.1, -0.05) is 0 Å². The van der Waals surface area contributed by atoms with Gasteiger partial charge in [-0.15, -0.1) is 23.5 Å². The molecule has 0 aromatic carbocycles. The third kappa shape index (κ3) is 3.37. The van der Waals surface area contributed by atoms with Crippen LogP contribution in [0.25, 0.3) is 0 Å². The van der Waals surface area contributed by atoms with Crippen molar-refractivity contribution in [2.45, 2.75) is 17.5 Å². The van der Waals surface area contributed by atoms with E-state index in [1.807, 2.05) is 6.92 Å². The van der Waals surface area contributed by atoms with Gasteiger partial charge >= 0.3 is 5.97 Å². The molecule has 1 aliphatic heterocycles. The lowest BCUT2D eigenvalue weighted by Gasteiger charge is -2.30. The van der Waals surface area contributed by atoms with Gasteiger partial charge < -0.3 is 9.64 Å². The Morgan fingerprint density at radius 3 is 2.43 bits per heavy atom. The molecule has 1 fully saturated rings. The number of carbonyl (C=O) groups is 1. The second kappa shape index (κ2) is 5.88. The molecule has 0 aromatic rings. The molecule has 82 valence electrons. The summed E-state index contributed by atoms with van der Waals surface area (Å²) in [5.74, 6) is 1.96. The van der Waals surface area contributed by atoms with Crippen LogP contribution in [0.15, 0.2) is 0 Å². The zero-order valence-electron chi connectivity index (χ0n) is 8.86. The van der Waals surface area contributed by atoms with Crippen LogP contribution >= 0.6 is 23.5 Å². The van der Waals surface area contributed by atoms with Gasteiger partial charge in [0.2, 0.25) is 0 Å². The Kier molecular flexibility index (Phi) is 5.12. The van der Waals surface area contributed by atoms with Crippen LogP contribution in [0.4, 0.5) is 0 Å². The Morgan fingerprint density at radius 2 is 2.00 bits per heavy atom. The number of carbonyl (C=O) groups excluding carboxylic acids is 1. The van der Waals surface area contributed by atoms with Crippen molar-refractivity contribution >= 4 is 29.5 Å². The average molecular weight is 235 g/mol. The zero-order chi connectivity index (χ0) is 10.6. The molecule has 1 rings (SSSR count). The molecular formula is C9H17NO2S2. The molecule has 0 saturated carbocycles. The third-order valence-corrected chi connectivity index (χ3v) is 5.05. The predicted molar refractivity (Wildman–Crippen MR) is 62.8 cm³/mol. The van der Waals surface area contributed by atoms with Crippen LogP contribution in [0, 0.1) is 0 Å². The van der Waals surface area contributed by atoms with Crippen molar-refractivity contribution in [3.05, 3.63) is 0 Å². The van der Waals surface area contributed by atoms with Gasteiger partial charge in [0, 0.05) is 17.5 Å². The van der Waals surface area contributed by atoms with Crippen LogP contribution in [-0.2, 0) is 9.53 Å². The molecule has 3 nitrogen and oxygen atoms in total. The van der Waals surface area contributed by atoms with Crippen LogP contribution < -0.4 is 0 Å². The number of ether oxygens (including phenoxy) is 1. The van der Waals surface area contributed by atoms with E-state index in [-0.39, 0.29) is 10.6 Å². The SMILES string of the molecule is CCOC(=O)C1SCC(N(C)C)CS1. The molecule has 0 aromatic heterocycles. The molecule has 1 saturated heterocycles. The Balaban J connectivity index is 2.31. The van der Waals surface area contributed by atoms with Crippen molar-refractivity contribution < 1.29 is 9.53 Å². The van der Waals surface area contributed by atoms with Gasteiger partial charge in [0.1, 0.15) is 4.58 Å². The van der Waals surface area contributed by atoms with Gasteiger partial charge in [-0.2, -0.15) is 0 Å². The molecule has 0 bridgehead atoms. The maximum absolute atomic E-state index is 11.4. The summed E-state index contributed by atoms with van der Waals surface area (Å²) in [5.41, 5.74) is 0. The van der Waals surface area contributed by atoms with E-state index >= 15 is 0 Å². The Morgan fingerprint density at radius 1 is 1.43 bits per heavy atom. The first-order valence-corrected chi connectivity index (χ1v) is 6.81. The molecule has 1 aliphatic rings. The molecule has 0 spiro atoms. The summed E-state index contributed by atoms with van der Waals surface area (Å²) < 4.78 is 4.97.